The molecule has 0 radical (unpaired) electrons. The number of amides is 4. The molecule has 0 spiro atoms. The van der Waals surface area contributed by atoms with Gasteiger partial charge in [0.15, 0.2) is 0 Å². The molecule has 0 N–H and O–H groups in total. The van der Waals surface area contributed by atoms with E-state index in [1.54, 1.807) is 30.3 Å². The molecule has 0 saturated carbocycles. The van der Waals surface area contributed by atoms with E-state index in [4.69, 9.17) is 4.74 Å². The maximum Gasteiger partial charge on any atom is 0.341 e. The number of fused-ring (bicyclic) bond motifs is 1. The van der Waals surface area contributed by atoms with Crippen LogP contribution in [0, 0.1) is 0 Å². The van der Waals surface area contributed by atoms with Crippen molar-refractivity contribution in [1.82, 2.24) is 9.80 Å². The SMILES string of the molecule is O=C(OC(N1C(=O)CCCC1=O)N1C(=O)c2ccccc2C1=O)c1ccccc1. The Morgan fingerprint density at radius 3 is 1.83 bits per heavy atom. The van der Waals surface area contributed by atoms with Gasteiger partial charge in [0.2, 0.25) is 11.8 Å². The van der Waals surface area contributed by atoms with E-state index in [2.05, 4.69) is 0 Å². The number of benzene rings is 2. The van der Waals surface area contributed by atoms with Gasteiger partial charge >= 0.3 is 5.97 Å². The molecule has 2 aliphatic rings. The zero-order valence-electron chi connectivity index (χ0n) is 15.2. The van der Waals surface area contributed by atoms with Crippen LogP contribution in [0.4, 0.5) is 0 Å². The Hall–Kier alpha value is -3.81. The minimum Gasteiger partial charge on any atom is -0.418 e. The number of imide groups is 2. The summed E-state index contributed by atoms with van der Waals surface area (Å²) in [4.78, 5) is 64.7. The van der Waals surface area contributed by atoms with Gasteiger partial charge in [-0.15, -0.1) is 0 Å². The number of ether oxygens (including phenoxy) is 1. The lowest BCUT2D eigenvalue weighted by molar-refractivity contribution is -0.167. The van der Waals surface area contributed by atoms with Crippen LogP contribution < -0.4 is 0 Å². The Bertz CT molecular complexity index is 981. The van der Waals surface area contributed by atoms with Crippen molar-refractivity contribution in [3.63, 3.8) is 0 Å². The topological polar surface area (TPSA) is 101 Å². The van der Waals surface area contributed by atoms with Crippen LogP contribution in [0.15, 0.2) is 54.6 Å². The average Bonchev–Trinajstić information content (AvgIpc) is 2.98. The molecule has 2 aromatic carbocycles. The van der Waals surface area contributed by atoms with Crippen molar-refractivity contribution in [1.29, 1.82) is 0 Å². The lowest BCUT2D eigenvalue weighted by atomic mass is 10.1. The fourth-order valence-corrected chi connectivity index (χ4v) is 3.38. The zero-order valence-corrected chi connectivity index (χ0v) is 15.2. The molecule has 2 aliphatic heterocycles. The predicted molar refractivity (Wildman–Crippen MR) is 98.3 cm³/mol. The third kappa shape index (κ3) is 3.18. The molecule has 8 nitrogen and oxygen atoms in total. The molecule has 146 valence electrons. The summed E-state index contributed by atoms with van der Waals surface area (Å²) in [5.41, 5.74) is 0.399. The van der Waals surface area contributed by atoms with Crippen molar-refractivity contribution in [2.24, 2.45) is 0 Å². The van der Waals surface area contributed by atoms with Crippen LogP contribution in [0.2, 0.25) is 0 Å². The highest BCUT2D eigenvalue weighted by Gasteiger charge is 2.48. The van der Waals surface area contributed by atoms with Gasteiger partial charge in [0, 0.05) is 12.8 Å². The summed E-state index contributed by atoms with van der Waals surface area (Å²) < 4.78 is 5.40. The monoisotopic (exact) mass is 392 g/mol. The summed E-state index contributed by atoms with van der Waals surface area (Å²) in [6, 6.07) is 14.0. The average molecular weight is 392 g/mol. The van der Waals surface area contributed by atoms with Crippen molar-refractivity contribution in [3.8, 4) is 0 Å². The summed E-state index contributed by atoms with van der Waals surface area (Å²) in [5.74, 6) is -3.55. The Labute approximate surface area is 165 Å². The van der Waals surface area contributed by atoms with Crippen molar-refractivity contribution < 1.29 is 28.7 Å². The summed E-state index contributed by atoms with van der Waals surface area (Å²) >= 11 is 0. The van der Waals surface area contributed by atoms with E-state index in [9.17, 15) is 24.0 Å². The van der Waals surface area contributed by atoms with E-state index < -0.39 is 35.9 Å². The van der Waals surface area contributed by atoms with Crippen LogP contribution in [0.3, 0.4) is 0 Å². The first-order chi connectivity index (χ1) is 14.0. The van der Waals surface area contributed by atoms with Crippen LogP contribution in [-0.4, -0.2) is 45.7 Å². The smallest absolute Gasteiger partial charge is 0.341 e. The van der Waals surface area contributed by atoms with Crippen molar-refractivity contribution in [3.05, 3.63) is 71.3 Å². The molecule has 8 heteroatoms. The fourth-order valence-electron chi connectivity index (χ4n) is 3.38. The highest BCUT2D eigenvalue weighted by Crippen LogP contribution is 2.29. The Kier molecular flexibility index (Phi) is 4.67. The van der Waals surface area contributed by atoms with Crippen molar-refractivity contribution in [2.45, 2.75) is 25.6 Å². The minimum atomic E-state index is -1.78. The second kappa shape index (κ2) is 7.31. The third-order valence-electron chi connectivity index (χ3n) is 4.81. The first-order valence-corrected chi connectivity index (χ1v) is 9.07. The molecule has 0 aromatic heterocycles. The molecule has 0 aliphatic carbocycles. The van der Waals surface area contributed by atoms with Crippen molar-refractivity contribution in [2.75, 3.05) is 0 Å². The van der Waals surface area contributed by atoms with Crippen LogP contribution in [0.1, 0.15) is 50.3 Å². The number of carbonyl (C=O) groups excluding carboxylic acids is 5. The number of likely N-dealkylation sites (tertiary alicyclic amines) is 1. The number of carbonyl (C=O) groups is 5. The van der Waals surface area contributed by atoms with Gasteiger partial charge in [0.05, 0.1) is 16.7 Å². The van der Waals surface area contributed by atoms with Crippen molar-refractivity contribution >= 4 is 29.6 Å². The summed E-state index contributed by atoms with van der Waals surface area (Å²) in [6.45, 7) is 0. The van der Waals surface area contributed by atoms with Crippen LogP contribution >= 0.6 is 0 Å². The lowest BCUT2D eigenvalue weighted by Gasteiger charge is -2.35. The van der Waals surface area contributed by atoms with E-state index in [0.29, 0.717) is 16.2 Å². The maximum absolute atomic E-state index is 12.9. The molecule has 2 heterocycles. The van der Waals surface area contributed by atoms with Crippen LogP contribution in [-0.2, 0) is 14.3 Å². The second-order valence-corrected chi connectivity index (χ2v) is 6.63. The van der Waals surface area contributed by atoms with E-state index in [0.717, 1.165) is 0 Å². The van der Waals surface area contributed by atoms with Gasteiger partial charge < -0.3 is 4.74 Å². The number of hydrogen-bond acceptors (Lipinski definition) is 6. The second-order valence-electron chi connectivity index (χ2n) is 6.63. The van der Waals surface area contributed by atoms with Gasteiger partial charge in [0.1, 0.15) is 0 Å². The van der Waals surface area contributed by atoms with E-state index >= 15 is 0 Å². The van der Waals surface area contributed by atoms with E-state index in [1.165, 1.54) is 24.3 Å². The Morgan fingerprint density at radius 2 is 1.28 bits per heavy atom. The summed E-state index contributed by atoms with van der Waals surface area (Å²) in [5, 5.41) is 0. The number of rotatable bonds is 4. The highest BCUT2D eigenvalue weighted by atomic mass is 16.6. The molecule has 1 saturated heterocycles. The number of piperidine rings is 1. The number of esters is 1. The Morgan fingerprint density at radius 1 is 0.759 bits per heavy atom. The summed E-state index contributed by atoms with van der Waals surface area (Å²) in [6.07, 6.45) is -1.33. The van der Waals surface area contributed by atoms with Crippen LogP contribution in [0.5, 0.6) is 0 Å². The third-order valence-corrected chi connectivity index (χ3v) is 4.81. The van der Waals surface area contributed by atoms with Crippen LogP contribution in [0.25, 0.3) is 0 Å². The van der Waals surface area contributed by atoms with Gasteiger partial charge in [-0.2, -0.15) is 0 Å². The molecule has 1 atom stereocenters. The number of hydrogen-bond donors (Lipinski definition) is 0. The molecule has 29 heavy (non-hydrogen) atoms. The largest absolute Gasteiger partial charge is 0.418 e. The van der Waals surface area contributed by atoms with E-state index in [1.807, 2.05) is 0 Å². The first-order valence-electron chi connectivity index (χ1n) is 9.07. The first kappa shape index (κ1) is 18.5. The predicted octanol–water partition coefficient (Wildman–Crippen LogP) is 1.96. The van der Waals surface area contributed by atoms with Gasteiger partial charge in [-0.1, -0.05) is 30.3 Å². The number of nitrogens with zero attached hydrogens (tertiary/aromatic N) is 2. The molecular formula is C21H16N2O6. The quantitative estimate of drug-likeness (QED) is 0.582. The van der Waals surface area contributed by atoms with Gasteiger partial charge in [-0.05, 0) is 30.7 Å². The molecule has 1 unspecified atom stereocenters. The van der Waals surface area contributed by atoms with Gasteiger partial charge in [-0.3, -0.25) is 19.2 Å². The molecule has 0 bridgehead atoms. The normalized spacial score (nSPS) is 17.4. The lowest BCUT2D eigenvalue weighted by Crippen LogP contribution is -2.58. The molecule has 4 rings (SSSR count). The Balaban J connectivity index is 1.74. The van der Waals surface area contributed by atoms with E-state index in [-0.39, 0.29) is 29.5 Å². The zero-order chi connectivity index (χ0) is 20.5. The minimum absolute atomic E-state index is 0.0499. The molecule has 4 amide bonds. The van der Waals surface area contributed by atoms with Gasteiger partial charge in [0.25, 0.3) is 18.2 Å². The summed E-state index contributed by atoms with van der Waals surface area (Å²) in [7, 11) is 0. The highest BCUT2D eigenvalue weighted by molar-refractivity contribution is 6.21. The molecule has 2 aromatic rings. The molecular weight excluding hydrogens is 376 g/mol. The standard InChI is InChI=1S/C21H16N2O6/c24-16-11-6-12-17(25)22(16)21(29-20(28)13-7-2-1-3-8-13)23-18(26)14-9-4-5-10-15(14)19(23)27/h1-5,7-10,21H,6,11-12H2. The maximum atomic E-state index is 12.9. The van der Waals surface area contributed by atoms with Gasteiger partial charge in [-0.25, -0.2) is 14.6 Å². The fraction of sp³-hybridized carbons (Fsp3) is 0.190. The molecule has 1 fully saturated rings.